The van der Waals surface area contributed by atoms with E-state index < -0.39 is 11.5 Å². The van der Waals surface area contributed by atoms with Gasteiger partial charge >= 0.3 is 0 Å². The van der Waals surface area contributed by atoms with Crippen LogP contribution in [0.2, 0.25) is 0 Å². The average Bonchev–Trinajstić information content (AvgIpc) is 3.58. The Labute approximate surface area is 179 Å². The summed E-state index contributed by atoms with van der Waals surface area (Å²) in [6.45, 7) is 8.15. The number of aliphatic imine (C=N–C) groups is 1. The molecule has 30 heavy (non-hydrogen) atoms. The van der Waals surface area contributed by atoms with Crippen LogP contribution in [0.5, 0.6) is 0 Å². The first-order valence-corrected chi connectivity index (χ1v) is 10.8. The van der Waals surface area contributed by atoms with E-state index in [9.17, 15) is 4.79 Å². The van der Waals surface area contributed by atoms with Gasteiger partial charge in [-0.3, -0.25) is 4.99 Å². The lowest BCUT2D eigenvalue weighted by Crippen LogP contribution is -2.54. The minimum absolute atomic E-state index is 0.0701. The molecular weight excluding hydrogens is 382 g/mol. The molecule has 0 saturated heterocycles. The molecule has 3 aliphatic rings. The first kappa shape index (κ1) is 22.4. The van der Waals surface area contributed by atoms with Gasteiger partial charge in [0, 0.05) is 31.8 Å². The van der Waals surface area contributed by atoms with Crippen molar-refractivity contribution in [1.29, 1.82) is 0 Å². The van der Waals surface area contributed by atoms with E-state index in [1.54, 1.807) is 27.4 Å². The zero-order valence-corrected chi connectivity index (χ0v) is 19.0. The van der Waals surface area contributed by atoms with E-state index in [1.807, 2.05) is 6.08 Å². The Kier molecular flexibility index (Phi) is 6.91. The molecule has 0 bridgehead atoms. The number of nitrogens with zero attached hydrogens (tertiary/aromatic N) is 2. The highest BCUT2D eigenvalue weighted by atomic mass is 16.5. The van der Waals surface area contributed by atoms with Gasteiger partial charge in [-0.2, -0.15) is 0 Å². The van der Waals surface area contributed by atoms with Gasteiger partial charge in [0.25, 0.3) is 0 Å². The Hall–Kier alpha value is -2.28. The van der Waals surface area contributed by atoms with Gasteiger partial charge in [0.1, 0.15) is 41.3 Å². The van der Waals surface area contributed by atoms with Crippen LogP contribution in [0.15, 0.2) is 40.1 Å². The van der Waals surface area contributed by atoms with Crippen molar-refractivity contribution in [3.05, 3.63) is 35.1 Å². The molecule has 3 rings (SSSR count). The molecule has 3 unspecified atom stereocenters. The van der Waals surface area contributed by atoms with Crippen LogP contribution in [0.25, 0.3) is 0 Å². The number of rotatable bonds is 10. The van der Waals surface area contributed by atoms with Gasteiger partial charge < -0.3 is 29.2 Å². The second-order valence-electron chi connectivity index (χ2n) is 8.22. The lowest BCUT2D eigenvalue weighted by molar-refractivity contribution is -0.116. The number of carbonyl (C=O) groups is 1. The normalized spacial score (nSPS) is 29.1. The molecule has 0 spiro atoms. The number of ether oxygens (including phenoxy) is 3. The summed E-state index contributed by atoms with van der Waals surface area (Å²) in [6, 6.07) is 0. The minimum atomic E-state index is -1.10. The molecule has 0 amide bonds. The van der Waals surface area contributed by atoms with Crippen LogP contribution in [0.1, 0.15) is 40.0 Å². The SMILES string of the molecule is CCCNC1=C(C)C(C2(OC)C=C(OC)C=C(OC)C2C=O)=NC(C)N1CC1CC1. The van der Waals surface area contributed by atoms with E-state index >= 15 is 0 Å². The van der Waals surface area contributed by atoms with Crippen molar-refractivity contribution in [1.82, 2.24) is 10.2 Å². The standard InChI is InChI=1S/C23H35N3O4/c1-7-10-24-22-15(2)21(25-16(3)26(22)13-17-8-9-17)23(30-6)12-18(28-4)11-20(29-5)19(23)14-27/h11-12,14,16-17,19,24H,7-10,13H2,1-6H3. The largest absolute Gasteiger partial charge is 0.500 e. The van der Waals surface area contributed by atoms with E-state index in [-0.39, 0.29) is 6.17 Å². The van der Waals surface area contributed by atoms with Gasteiger partial charge in [-0.25, -0.2) is 0 Å². The highest BCUT2D eigenvalue weighted by Crippen LogP contribution is 2.41. The highest BCUT2D eigenvalue weighted by Gasteiger charge is 2.50. The summed E-state index contributed by atoms with van der Waals surface area (Å²) in [4.78, 5) is 19.6. The molecule has 1 aliphatic heterocycles. The fraction of sp³-hybridized carbons (Fsp3) is 0.652. The fourth-order valence-electron chi connectivity index (χ4n) is 4.32. The Morgan fingerprint density at radius 3 is 2.57 bits per heavy atom. The molecule has 3 atom stereocenters. The number of hydrogen-bond acceptors (Lipinski definition) is 7. The first-order chi connectivity index (χ1) is 14.4. The summed E-state index contributed by atoms with van der Waals surface area (Å²) in [7, 11) is 4.76. The van der Waals surface area contributed by atoms with Crippen LogP contribution in [-0.2, 0) is 19.0 Å². The number of aldehydes is 1. The average molecular weight is 418 g/mol. The molecule has 7 heteroatoms. The maximum absolute atomic E-state index is 12.2. The van der Waals surface area contributed by atoms with Gasteiger partial charge in [-0.15, -0.1) is 0 Å². The Morgan fingerprint density at radius 2 is 2.03 bits per heavy atom. The molecule has 166 valence electrons. The maximum atomic E-state index is 12.2. The van der Waals surface area contributed by atoms with Crippen molar-refractivity contribution in [3.8, 4) is 0 Å². The summed E-state index contributed by atoms with van der Waals surface area (Å²) in [5.41, 5.74) is 0.619. The van der Waals surface area contributed by atoms with Crippen LogP contribution in [-0.4, -0.2) is 63.1 Å². The zero-order valence-electron chi connectivity index (χ0n) is 19.0. The van der Waals surface area contributed by atoms with Gasteiger partial charge in [0.05, 0.1) is 19.9 Å². The van der Waals surface area contributed by atoms with Crippen molar-refractivity contribution >= 4 is 12.0 Å². The highest BCUT2D eigenvalue weighted by molar-refractivity contribution is 6.10. The van der Waals surface area contributed by atoms with Gasteiger partial charge in [0.15, 0.2) is 0 Å². The van der Waals surface area contributed by atoms with Crippen LogP contribution < -0.4 is 5.32 Å². The maximum Gasteiger partial charge on any atom is 0.148 e. The van der Waals surface area contributed by atoms with E-state index in [1.165, 1.54) is 12.8 Å². The minimum Gasteiger partial charge on any atom is -0.500 e. The first-order valence-electron chi connectivity index (χ1n) is 10.8. The van der Waals surface area contributed by atoms with Crippen molar-refractivity contribution in [2.24, 2.45) is 16.8 Å². The van der Waals surface area contributed by atoms with Crippen molar-refractivity contribution < 1.29 is 19.0 Å². The molecule has 2 aliphatic carbocycles. The fourth-order valence-corrected chi connectivity index (χ4v) is 4.32. The summed E-state index contributed by atoms with van der Waals surface area (Å²) < 4.78 is 17.1. The molecule has 0 aromatic carbocycles. The van der Waals surface area contributed by atoms with E-state index in [2.05, 4.69) is 31.0 Å². The van der Waals surface area contributed by atoms with Crippen LogP contribution in [0, 0.1) is 11.8 Å². The van der Waals surface area contributed by atoms with Gasteiger partial charge in [-0.1, -0.05) is 6.92 Å². The zero-order chi connectivity index (χ0) is 21.9. The summed E-state index contributed by atoms with van der Waals surface area (Å²) >= 11 is 0. The second-order valence-corrected chi connectivity index (χ2v) is 8.22. The van der Waals surface area contributed by atoms with Crippen LogP contribution in [0.3, 0.4) is 0 Å². The molecule has 1 heterocycles. The molecule has 1 saturated carbocycles. The smallest absolute Gasteiger partial charge is 0.148 e. The topological polar surface area (TPSA) is 72.4 Å². The monoisotopic (exact) mass is 417 g/mol. The third-order valence-electron chi connectivity index (χ3n) is 6.18. The van der Waals surface area contributed by atoms with Crippen molar-refractivity contribution in [2.75, 3.05) is 34.4 Å². The van der Waals surface area contributed by atoms with E-state index in [4.69, 9.17) is 19.2 Å². The quantitative estimate of drug-likeness (QED) is 0.551. The molecule has 0 aromatic rings. The number of nitrogens with one attached hydrogen (secondary N) is 1. The predicted molar refractivity (Wildman–Crippen MR) is 117 cm³/mol. The van der Waals surface area contributed by atoms with Crippen LogP contribution >= 0.6 is 0 Å². The van der Waals surface area contributed by atoms with Crippen LogP contribution in [0.4, 0.5) is 0 Å². The number of hydrogen-bond donors (Lipinski definition) is 1. The van der Waals surface area contributed by atoms with E-state index in [0.717, 1.165) is 48.8 Å². The Balaban J connectivity index is 2.12. The number of carbonyl (C=O) groups excluding carboxylic acids is 1. The molecule has 1 fully saturated rings. The molecule has 7 nitrogen and oxygen atoms in total. The predicted octanol–water partition coefficient (Wildman–Crippen LogP) is 3.00. The van der Waals surface area contributed by atoms with Gasteiger partial charge in [0.2, 0.25) is 0 Å². The molecule has 0 radical (unpaired) electrons. The Morgan fingerprint density at radius 1 is 1.30 bits per heavy atom. The van der Waals surface area contributed by atoms with Crippen molar-refractivity contribution in [2.45, 2.75) is 51.8 Å². The molecule has 0 aromatic heterocycles. The number of methoxy groups -OCH3 is 3. The lowest BCUT2D eigenvalue weighted by Gasteiger charge is -2.44. The summed E-state index contributed by atoms with van der Waals surface area (Å²) in [5.74, 6) is 2.22. The molecule has 1 N–H and O–H groups in total. The van der Waals surface area contributed by atoms with E-state index in [0.29, 0.717) is 11.5 Å². The Bertz CT molecular complexity index is 781. The lowest BCUT2D eigenvalue weighted by atomic mass is 9.76. The number of allylic oxidation sites excluding steroid dienone is 1. The summed E-state index contributed by atoms with van der Waals surface area (Å²) in [6.07, 6.45) is 7.95. The second kappa shape index (κ2) is 9.25. The van der Waals surface area contributed by atoms with Gasteiger partial charge in [-0.05, 0) is 45.1 Å². The summed E-state index contributed by atoms with van der Waals surface area (Å²) in [5, 5.41) is 3.61. The molecular formula is C23H35N3O4. The van der Waals surface area contributed by atoms with Crippen molar-refractivity contribution in [3.63, 3.8) is 0 Å². The third-order valence-corrected chi connectivity index (χ3v) is 6.18. The third kappa shape index (κ3) is 4.00.